The number of ketones is 1. The van der Waals surface area contributed by atoms with Gasteiger partial charge in [0.15, 0.2) is 5.76 Å². The van der Waals surface area contributed by atoms with Crippen molar-refractivity contribution in [1.29, 1.82) is 0 Å². The van der Waals surface area contributed by atoms with E-state index in [4.69, 9.17) is 9.15 Å². The van der Waals surface area contributed by atoms with Crippen molar-refractivity contribution >= 4 is 56.2 Å². The van der Waals surface area contributed by atoms with Crippen LogP contribution in [0.4, 0.5) is 0 Å². The van der Waals surface area contributed by atoms with E-state index in [1.54, 1.807) is 23.5 Å². The summed E-state index contributed by atoms with van der Waals surface area (Å²) < 4.78 is 12.8. The quantitative estimate of drug-likeness (QED) is 0.370. The molecule has 0 spiro atoms. The van der Waals surface area contributed by atoms with E-state index < -0.39 is 0 Å². The topological polar surface area (TPSA) is 39.4 Å². The molecule has 0 saturated heterocycles. The number of carbonyl (C=O) groups excluding carboxylic acids is 1. The second kappa shape index (κ2) is 6.00. The van der Waals surface area contributed by atoms with Gasteiger partial charge >= 0.3 is 0 Å². The van der Waals surface area contributed by atoms with Crippen molar-refractivity contribution < 1.29 is 13.9 Å². The maximum Gasteiger partial charge on any atom is 0.221 e. The summed E-state index contributed by atoms with van der Waals surface area (Å²) in [6.45, 7) is 4.00. The Morgan fingerprint density at radius 1 is 1.24 bits per heavy atom. The number of fused-ring (bicyclic) bond motifs is 3. The number of halogens is 1. The van der Waals surface area contributed by atoms with Gasteiger partial charge < -0.3 is 9.15 Å². The van der Waals surface area contributed by atoms with Crippen LogP contribution in [0, 0.1) is 0 Å². The Kier molecular flexibility index (Phi) is 3.93. The van der Waals surface area contributed by atoms with E-state index >= 15 is 0 Å². The fourth-order valence-electron chi connectivity index (χ4n) is 2.73. The molecule has 3 heterocycles. The van der Waals surface area contributed by atoms with Gasteiger partial charge in [-0.2, -0.15) is 0 Å². The highest BCUT2D eigenvalue weighted by Crippen LogP contribution is 2.37. The molecular formula is C20H15BrO3S. The molecule has 0 aliphatic carbocycles. The number of furan rings is 1. The molecule has 0 unspecified atom stereocenters. The lowest BCUT2D eigenvalue weighted by Gasteiger charge is -2.27. The normalized spacial score (nSPS) is 15.5. The van der Waals surface area contributed by atoms with Gasteiger partial charge in [-0.05, 0) is 84.4 Å². The Hall–Kier alpha value is -2.11. The Balaban J connectivity index is 1.68. The zero-order chi connectivity index (χ0) is 17.6. The Labute approximate surface area is 157 Å². The lowest BCUT2D eigenvalue weighted by atomic mass is 10.0. The highest BCUT2D eigenvalue weighted by atomic mass is 79.9. The average Bonchev–Trinajstić information content (AvgIpc) is 3.17. The standard InChI is InChI=1S/C20H15BrO3S/c1-20(2)10-9-14-16(24-20)7-3-12-11-17(23-19(12)14)15(22)6-4-13-5-8-18(21)25-13/h3-11H,1-2H3/b6-4+. The summed E-state index contributed by atoms with van der Waals surface area (Å²) in [4.78, 5) is 13.4. The molecule has 126 valence electrons. The largest absolute Gasteiger partial charge is 0.483 e. The minimum atomic E-state index is -0.344. The number of hydrogen-bond acceptors (Lipinski definition) is 4. The first-order valence-electron chi connectivity index (χ1n) is 7.84. The summed E-state index contributed by atoms with van der Waals surface area (Å²) in [6, 6.07) is 9.53. The van der Waals surface area contributed by atoms with Crippen molar-refractivity contribution in [2.24, 2.45) is 0 Å². The Morgan fingerprint density at radius 2 is 2.08 bits per heavy atom. The van der Waals surface area contributed by atoms with Gasteiger partial charge in [-0.25, -0.2) is 0 Å². The van der Waals surface area contributed by atoms with Crippen LogP contribution in [0.15, 0.2) is 50.7 Å². The predicted molar refractivity (Wildman–Crippen MR) is 105 cm³/mol. The second-order valence-electron chi connectivity index (χ2n) is 6.38. The monoisotopic (exact) mass is 414 g/mol. The summed E-state index contributed by atoms with van der Waals surface area (Å²) in [5.74, 6) is 0.941. The molecule has 2 aromatic heterocycles. The molecule has 25 heavy (non-hydrogen) atoms. The van der Waals surface area contributed by atoms with E-state index in [-0.39, 0.29) is 11.4 Å². The van der Waals surface area contributed by atoms with Crippen LogP contribution in [0.1, 0.15) is 34.8 Å². The predicted octanol–water partition coefficient (Wildman–Crippen LogP) is 6.34. The third-order valence-corrected chi connectivity index (χ3v) is 5.53. The molecule has 3 nitrogen and oxygen atoms in total. The maximum absolute atomic E-state index is 12.4. The lowest BCUT2D eigenvalue weighted by Crippen LogP contribution is -2.27. The van der Waals surface area contributed by atoms with Gasteiger partial charge in [0.2, 0.25) is 5.78 Å². The third-order valence-electron chi connectivity index (χ3n) is 3.95. The molecule has 4 rings (SSSR count). The van der Waals surface area contributed by atoms with E-state index in [2.05, 4.69) is 15.9 Å². The van der Waals surface area contributed by atoms with Crippen molar-refractivity contribution in [2.45, 2.75) is 19.4 Å². The van der Waals surface area contributed by atoms with Crippen molar-refractivity contribution in [2.75, 3.05) is 0 Å². The fourth-order valence-corrected chi connectivity index (χ4v) is 4.06. The number of carbonyl (C=O) groups is 1. The smallest absolute Gasteiger partial charge is 0.221 e. The number of allylic oxidation sites excluding steroid dienone is 1. The van der Waals surface area contributed by atoms with Gasteiger partial charge in [-0.1, -0.05) is 0 Å². The minimum Gasteiger partial charge on any atom is -0.483 e. The van der Waals surface area contributed by atoms with Gasteiger partial charge in [0, 0.05) is 10.3 Å². The molecule has 0 N–H and O–H groups in total. The molecule has 5 heteroatoms. The van der Waals surface area contributed by atoms with Crippen LogP contribution in [-0.2, 0) is 0 Å². The minimum absolute atomic E-state index is 0.157. The van der Waals surface area contributed by atoms with Crippen molar-refractivity contribution in [1.82, 2.24) is 0 Å². The van der Waals surface area contributed by atoms with Crippen LogP contribution in [0.25, 0.3) is 23.1 Å². The number of ether oxygens (including phenoxy) is 1. The molecule has 0 amide bonds. The van der Waals surface area contributed by atoms with Gasteiger partial charge in [0.25, 0.3) is 0 Å². The molecule has 0 fully saturated rings. The van der Waals surface area contributed by atoms with Crippen LogP contribution in [-0.4, -0.2) is 11.4 Å². The first kappa shape index (κ1) is 16.4. The highest BCUT2D eigenvalue weighted by molar-refractivity contribution is 9.11. The summed E-state index contributed by atoms with van der Waals surface area (Å²) in [6.07, 6.45) is 7.33. The van der Waals surface area contributed by atoms with Gasteiger partial charge in [0.05, 0.1) is 9.35 Å². The lowest BCUT2D eigenvalue weighted by molar-refractivity contribution is 0.102. The molecule has 1 aromatic carbocycles. The van der Waals surface area contributed by atoms with Gasteiger partial charge in [-0.15, -0.1) is 11.3 Å². The SMILES string of the molecule is CC1(C)C=Cc2c(ccc3cc(C(=O)/C=C/c4ccc(Br)s4)oc23)O1. The van der Waals surface area contributed by atoms with Crippen molar-refractivity contribution in [3.63, 3.8) is 0 Å². The third kappa shape index (κ3) is 3.22. The van der Waals surface area contributed by atoms with Crippen LogP contribution in [0.3, 0.4) is 0 Å². The van der Waals surface area contributed by atoms with Crippen LogP contribution in [0.2, 0.25) is 0 Å². The fraction of sp³-hybridized carbons (Fsp3) is 0.150. The molecule has 0 radical (unpaired) electrons. The van der Waals surface area contributed by atoms with E-state index in [1.807, 2.05) is 50.3 Å². The number of benzene rings is 1. The highest BCUT2D eigenvalue weighted by Gasteiger charge is 2.24. The zero-order valence-corrected chi connectivity index (χ0v) is 16.1. The molecule has 0 bridgehead atoms. The van der Waals surface area contributed by atoms with Gasteiger partial charge in [-0.3, -0.25) is 4.79 Å². The summed E-state index contributed by atoms with van der Waals surface area (Å²) in [7, 11) is 0. The summed E-state index contributed by atoms with van der Waals surface area (Å²) in [5.41, 5.74) is 1.21. The summed E-state index contributed by atoms with van der Waals surface area (Å²) >= 11 is 4.98. The molecule has 3 aromatic rings. The van der Waals surface area contributed by atoms with Crippen LogP contribution in [0.5, 0.6) is 5.75 Å². The van der Waals surface area contributed by atoms with Crippen molar-refractivity contribution in [3.8, 4) is 5.75 Å². The molecular weight excluding hydrogens is 400 g/mol. The number of rotatable bonds is 3. The molecule has 1 aliphatic rings. The average molecular weight is 415 g/mol. The van der Waals surface area contributed by atoms with Crippen molar-refractivity contribution in [3.05, 3.63) is 62.5 Å². The molecule has 1 aliphatic heterocycles. The Morgan fingerprint density at radius 3 is 2.84 bits per heavy atom. The Bertz CT molecular complexity index is 1040. The van der Waals surface area contributed by atoms with E-state index in [9.17, 15) is 4.79 Å². The van der Waals surface area contributed by atoms with E-state index in [0.717, 1.165) is 25.4 Å². The van der Waals surface area contributed by atoms with E-state index in [0.29, 0.717) is 11.3 Å². The van der Waals surface area contributed by atoms with E-state index in [1.165, 1.54) is 6.08 Å². The van der Waals surface area contributed by atoms with Crippen LogP contribution >= 0.6 is 27.3 Å². The van der Waals surface area contributed by atoms with Crippen LogP contribution < -0.4 is 4.74 Å². The second-order valence-corrected chi connectivity index (χ2v) is 8.88. The molecule has 0 saturated carbocycles. The zero-order valence-electron chi connectivity index (χ0n) is 13.7. The molecule has 0 atom stereocenters. The first-order valence-corrected chi connectivity index (χ1v) is 9.45. The summed E-state index contributed by atoms with van der Waals surface area (Å²) in [5, 5.41) is 0.891. The van der Waals surface area contributed by atoms with Gasteiger partial charge in [0.1, 0.15) is 16.9 Å². The number of hydrogen-bond donors (Lipinski definition) is 0. The number of thiophene rings is 1. The first-order chi connectivity index (χ1) is 11.9. The maximum atomic E-state index is 12.4.